The summed E-state index contributed by atoms with van der Waals surface area (Å²) in [5, 5.41) is 0. The van der Waals surface area contributed by atoms with Crippen molar-refractivity contribution in [2.24, 2.45) is 0 Å². The minimum absolute atomic E-state index is 0.00630. The van der Waals surface area contributed by atoms with Crippen LogP contribution in [0.5, 0.6) is 0 Å². The molecule has 0 aliphatic carbocycles. The van der Waals surface area contributed by atoms with Gasteiger partial charge in [-0.2, -0.15) is 0 Å². The topological polar surface area (TPSA) is 38.8 Å². The van der Waals surface area contributed by atoms with Gasteiger partial charge >= 0.3 is 5.97 Å². The molecule has 2 aliphatic heterocycles. The number of nitrogens with zero attached hydrogens (tertiary/aromatic N) is 1. The molecule has 0 aromatic heterocycles. The van der Waals surface area contributed by atoms with E-state index < -0.39 is 0 Å². The van der Waals surface area contributed by atoms with E-state index in [2.05, 4.69) is 25.7 Å². The molecule has 0 radical (unpaired) electrons. The van der Waals surface area contributed by atoms with Crippen LogP contribution in [0.15, 0.2) is 0 Å². The highest BCUT2D eigenvalue weighted by molar-refractivity contribution is 5.77. The number of hydrogen-bond acceptors (Lipinski definition) is 4. The summed E-state index contributed by atoms with van der Waals surface area (Å²) in [6, 6.07) is 0.151. The first-order valence-corrected chi connectivity index (χ1v) is 6.32. The van der Waals surface area contributed by atoms with Crippen LogP contribution in [0.2, 0.25) is 0 Å². The van der Waals surface area contributed by atoms with Crippen molar-refractivity contribution in [1.82, 2.24) is 4.90 Å². The lowest BCUT2D eigenvalue weighted by Gasteiger charge is -2.38. The van der Waals surface area contributed by atoms with Crippen molar-refractivity contribution >= 4 is 5.97 Å². The summed E-state index contributed by atoms with van der Waals surface area (Å²) in [4.78, 5) is 14.1. The molecule has 2 saturated heterocycles. The number of hydrogen-bond donors (Lipinski definition) is 0. The zero-order valence-electron chi connectivity index (χ0n) is 10.3. The van der Waals surface area contributed by atoms with E-state index in [1.807, 2.05) is 0 Å². The summed E-state index contributed by atoms with van der Waals surface area (Å²) in [6.07, 6.45) is 2.89. The number of ether oxygens (including phenoxy) is 2. The fourth-order valence-corrected chi connectivity index (χ4v) is 2.76. The molecule has 0 N–H and O–H groups in total. The number of carbonyl (C=O) groups is 1. The Morgan fingerprint density at radius 1 is 1.25 bits per heavy atom. The third-order valence-electron chi connectivity index (χ3n) is 3.64. The maximum Gasteiger partial charge on any atom is 0.326 e. The van der Waals surface area contributed by atoms with Crippen molar-refractivity contribution in [1.29, 1.82) is 0 Å². The van der Waals surface area contributed by atoms with Crippen LogP contribution in [0.4, 0.5) is 0 Å². The lowest BCUT2D eigenvalue weighted by atomic mass is 10.0. The van der Waals surface area contributed by atoms with Gasteiger partial charge in [-0.1, -0.05) is 20.8 Å². The molecule has 0 bridgehead atoms. The lowest BCUT2D eigenvalue weighted by Crippen LogP contribution is -2.56. The second-order valence-electron chi connectivity index (χ2n) is 4.53. The summed E-state index contributed by atoms with van der Waals surface area (Å²) in [6.45, 7) is 6.81. The fourth-order valence-electron chi connectivity index (χ4n) is 2.76. The molecular formula is C12H21NO3. The normalized spacial score (nSPS) is 39.6. The molecule has 4 heteroatoms. The van der Waals surface area contributed by atoms with Crippen molar-refractivity contribution in [3.8, 4) is 0 Å². The summed E-state index contributed by atoms with van der Waals surface area (Å²) in [5.74, 6) is -0.104. The average Bonchev–Trinajstić information content (AvgIpc) is 2.69. The molecule has 0 unspecified atom stereocenters. The van der Waals surface area contributed by atoms with Crippen LogP contribution >= 0.6 is 0 Å². The summed E-state index contributed by atoms with van der Waals surface area (Å²) < 4.78 is 11.2. The van der Waals surface area contributed by atoms with Gasteiger partial charge in [0.15, 0.2) is 0 Å². The minimum atomic E-state index is -0.173. The third kappa shape index (κ3) is 1.74. The van der Waals surface area contributed by atoms with E-state index in [0.717, 1.165) is 19.3 Å². The Morgan fingerprint density at radius 2 is 2.00 bits per heavy atom. The largest absolute Gasteiger partial charge is 0.463 e. The zero-order valence-corrected chi connectivity index (χ0v) is 10.3. The minimum Gasteiger partial charge on any atom is -0.463 e. The Labute approximate surface area is 96.9 Å². The maximum absolute atomic E-state index is 11.8. The van der Waals surface area contributed by atoms with Crippen molar-refractivity contribution in [2.45, 2.75) is 64.4 Å². The highest BCUT2D eigenvalue weighted by Crippen LogP contribution is 2.33. The fraction of sp³-hybridized carbons (Fsp3) is 0.917. The van der Waals surface area contributed by atoms with Crippen LogP contribution in [-0.2, 0) is 14.3 Å². The molecule has 0 amide bonds. The van der Waals surface area contributed by atoms with Gasteiger partial charge in [0.2, 0.25) is 0 Å². The second kappa shape index (κ2) is 4.72. The molecule has 92 valence electrons. The van der Waals surface area contributed by atoms with Crippen LogP contribution in [0.25, 0.3) is 0 Å². The monoisotopic (exact) mass is 227 g/mol. The van der Waals surface area contributed by atoms with Crippen molar-refractivity contribution in [3.05, 3.63) is 0 Å². The number of rotatable bonds is 3. The summed E-state index contributed by atoms with van der Waals surface area (Å²) in [5.41, 5.74) is 0. The van der Waals surface area contributed by atoms with Gasteiger partial charge in [0, 0.05) is 6.04 Å². The zero-order chi connectivity index (χ0) is 11.7. The molecule has 2 aliphatic rings. The van der Waals surface area contributed by atoms with Gasteiger partial charge in [0.1, 0.15) is 18.9 Å². The molecular weight excluding hydrogens is 206 g/mol. The predicted molar refractivity (Wildman–Crippen MR) is 59.9 cm³/mol. The maximum atomic E-state index is 11.8. The number of cyclic esters (lactones) is 1. The van der Waals surface area contributed by atoms with Crippen LogP contribution in [0.3, 0.4) is 0 Å². The van der Waals surface area contributed by atoms with Gasteiger partial charge in [-0.15, -0.1) is 0 Å². The number of fused-ring (bicyclic) bond motifs is 1. The van der Waals surface area contributed by atoms with Crippen LogP contribution in [0.1, 0.15) is 40.0 Å². The molecule has 2 fully saturated rings. The first kappa shape index (κ1) is 11.9. The van der Waals surface area contributed by atoms with E-state index in [1.54, 1.807) is 0 Å². The lowest BCUT2D eigenvalue weighted by molar-refractivity contribution is -0.162. The van der Waals surface area contributed by atoms with E-state index in [4.69, 9.17) is 9.47 Å². The summed E-state index contributed by atoms with van der Waals surface area (Å²) in [7, 11) is 0. The molecule has 16 heavy (non-hydrogen) atoms. The molecule has 4 atom stereocenters. The molecule has 4 nitrogen and oxygen atoms in total. The highest BCUT2D eigenvalue weighted by Gasteiger charge is 2.50. The van der Waals surface area contributed by atoms with Crippen molar-refractivity contribution in [2.75, 3.05) is 6.61 Å². The van der Waals surface area contributed by atoms with Gasteiger partial charge in [-0.25, -0.2) is 0 Å². The molecule has 0 aromatic rings. The Kier molecular flexibility index (Phi) is 3.50. The highest BCUT2D eigenvalue weighted by atomic mass is 16.6. The third-order valence-corrected chi connectivity index (χ3v) is 3.64. The van der Waals surface area contributed by atoms with Gasteiger partial charge < -0.3 is 9.47 Å². The number of esters is 1. The average molecular weight is 227 g/mol. The van der Waals surface area contributed by atoms with E-state index >= 15 is 0 Å². The summed E-state index contributed by atoms with van der Waals surface area (Å²) >= 11 is 0. The van der Waals surface area contributed by atoms with Gasteiger partial charge in [0.05, 0.1) is 6.10 Å². The smallest absolute Gasteiger partial charge is 0.326 e. The van der Waals surface area contributed by atoms with Crippen molar-refractivity contribution in [3.63, 3.8) is 0 Å². The SMILES string of the molecule is CC[C@H]1COC(=O)[C@@H]2[C@@H](CC)O[C@@H](CC)N12. The van der Waals surface area contributed by atoms with Crippen molar-refractivity contribution < 1.29 is 14.3 Å². The predicted octanol–water partition coefficient (Wildman–Crippen LogP) is 1.54. The van der Waals surface area contributed by atoms with Gasteiger partial charge in [-0.05, 0) is 19.3 Å². The molecule has 0 spiro atoms. The Balaban J connectivity index is 2.23. The Morgan fingerprint density at radius 3 is 2.56 bits per heavy atom. The molecule has 0 saturated carbocycles. The van der Waals surface area contributed by atoms with Gasteiger partial charge in [-0.3, -0.25) is 9.69 Å². The number of carbonyl (C=O) groups excluding carboxylic acids is 1. The van der Waals surface area contributed by atoms with E-state index in [1.165, 1.54) is 0 Å². The standard InChI is InChI=1S/C12H21NO3/c1-4-8-7-15-12(14)11-9(5-2)16-10(6-3)13(8)11/h8-11H,4-7H2,1-3H3/t8-,9+,10-,11-/m0/s1. The molecule has 2 rings (SSSR count). The Bertz CT molecular complexity index is 269. The van der Waals surface area contributed by atoms with E-state index in [0.29, 0.717) is 12.6 Å². The van der Waals surface area contributed by atoms with Gasteiger partial charge in [0.25, 0.3) is 0 Å². The van der Waals surface area contributed by atoms with Crippen LogP contribution in [-0.4, -0.2) is 41.9 Å². The first-order chi connectivity index (χ1) is 7.72. The first-order valence-electron chi connectivity index (χ1n) is 6.32. The van der Waals surface area contributed by atoms with Crippen LogP contribution < -0.4 is 0 Å². The molecule has 2 heterocycles. The second-order valence-corrected chi connectivity index (χ2v) is 4.53. The van der Waals surface area contributed by atoms with E-state index in [9.17, 15) is 4.79 Å². The van der Waals surface area contributed by atoms with E-state index in [-0.39, 0.29) is 24.3 Å². The Hall–Kier alpha value is -0.610. The molecule has 0 aromatic carbocycles. The van der Waals surface area contributed by atoms with Crippen LogP contribution in [0, 0.1) is 0 Å². The quantitative estimate of drug-likeness (QED) is 0.685. The number of morpholine rings is 1.